The quantitative estimate of drug-likeness (QED) is 0.676. The van der Waals surface area contributed by atoms with E-state index in [1.165, 1.54) is 31.3 Å². The first-order chi connectivity index (χ1) is 10.8. The molecule has 0 saturated carbocycles. The lowest BCUT2D eigenvalue weighted by Crippen LogP contribution is -2.39. The summed E-state index contributed by atoms with van der Waals surface area (Å²) in [4.78, 5) is 14.2. The molecule has 0 spiro atoms. The zero-order valence-corrected chi connectivity index (χ0v) is 13.9. The molecule has 1 heterocycles. The van der Waals surface area contributed by atoms with Crippen LogP contribution in [-0.4, -0.2) is 57.4 Å². The molecule has 1 unspecified atom stereocenters. The molecule has 22 heavy (non-hydrogen) atoms. The highest BCUT2D eigenvalue weighted by atomic mass is 16.5. The van der Waals surface area contributed by atoms with E-state index in [2.05, 4.69) is 21.6 Å². The maximum atomic E-state index is 11.8. The van der Waals surface area contributed by atoms with Crippen molar-refractivity contribution in [1.29, 1.82) is 0 Å². The number of ether oxygens (including phenoxy) is 1. The Morgan fingerprint density at radius 1 is 1.41 bits per heavy atom. The van der Waals surface area contributed by atoms with Crippen LogP contribution in [0.5, 0.6) is 0 Å². The lowest BCUT2D eigenvalue weighted by molar-refractivity contribution is 0.159. The Bertz CT molecular complexity index is 371. The molecule has 0 aromatic rings. The van der Waals surface area contributed by atoms with Gasteiger partial charge in [-0.3, -0.25) is 0 Å². The van der Waals surface area contributed by atoms with E-state index in [0.29, 0.717) is 5.92 Å². The van der Waals surface area contributed by atoms with Crippen LogP contribution in [0, 0.1) is 5.92 Å². The van der Waals surface area contributed by atoms with E-state index in [4.69, 9.17) is 4.74 Å². The first-order valence-corrected chi connectivity index (χ1v) is 8.69. The summed E-state index contributed by atoms with van der Waals surface area (Å²) in [6, 6.07) is -0.0215. The number of nitrogens with zero attached hydrogens (tertiary/aromatic N) is 1. The molecule has 1 saturated heterocycles. The van der Waals surface area contributed by atoms with E-state index in [1.807, 2.05) is 0 Å². The van der Waals surface area contributed by atoms with Crippen molar-refractivity contribution in [2.45, 2.75) is 38.5 Å². The minimum Gasteiger partial charge on any atom is -0.383 e. The molecule has 0 aromatic heterocycles. The van der Waals surface area contributed by atoms with Gasteiger partial charge in [0, 0.05) is 33.3 Å². The molecule has 1 aliphatic carbocycles. The monoisotopic (exact) mass is 309 g/mol. The van der Waals surface area contributed by atoms with E-state index in [9.17, 15) is 4.79 Å². The van der Waals surface area contributed by atoms with Gasteiger partial charge in [-0.25, -0.2) is 4.79 Å². The summed E-state index contributed by atoms with van der Waals surface area (Å²) in [5.41, 5.74) is 1.51. The van der Waals surface area contributed by atoms with Gasteiger partial charge >= 0.3 is 6.03 Å². The van der Waals surface area contributed by atoms with Crippen molar-refractivity contribution in [3.8, 4) is 0 Å². The Hall–Kier alpha value is -1.07. The van der Waals surface area contributed by atoms with Gasteiger partial charge in [0.2, 0.25) is 0 Å². The minimum atomic E-state index is -0.0215. The third kappa shape index (κ3) is 6.36. The second-order valence-corrected chi connectivity index (χ2v) is 6.44. The van der Waals surface area contributed by atoms with E-state index < -0.39 is 0 Å². The maximum absolute atomic E-state index is 11.8. The topological polar surface area (TPSA) is 53.6 Å². The van der Waals surface area contributed by atoms with Crippen molar-refractivity contribution >= 4 is 6.03 Å². The molecular weight excluding hydrogens is 278 g/mol. The van der Waals surface area contributed by atoms with Crippen LogP contribution in [0.4, 0.5) is 4.79 Å². The average molecular weight is 309 g/mol. The van der Waals surface area contributed by atoms with E-state index in [-0.39, 0.29) is 6.03 Å². The largest absolute Gasteiger partial charge is 0.383 e. The van der Waals surface area contributed by atoms with Gasteiger partial charge in [0.25, 0.3) is 0 Å². The Balaban J connectivity index is 1.51. The number of methoxy groups -OCH3 is 1. The predicted octanol–water partition coefficient (Wildman–Crippen LogP) is 2.14. The molecule has 1 aliphatic heterocycles. The summed E-state index contributed by atoms with van der Waals surface area (Å²) in [6.07, 6.45) is 9.56. The molecular formula is C17H31N3O2. The smallest absolute Gasteiger partial charge is 0.314 e. The molecule has 1 atom stereocenters. The van der Waals surface area contributed by atoms with Crippen LogP contribution < -0.4 is 10.6 Å². The van der Waals surface area contributed by atoms with Gasteiger partial charge in [0.1, 0.15) is 0 Å². The molecule has 0 aromatic carbocycles. The molecule has 1 fully saturated rings. The van der Waals surface area contributed by atoms with Crippen molar-refractivity contribution in [3.63, 3.8) is 0 Å². The lowest BCUT2D eigenvalue weighted by atomic mass is 9.97. The number of allylic oxidation sites excluding steroid dienone is 1. The first kappa shape index (κ1) is 17.3. The van der Waals surface area contributed by atoms with Crippen LogP contribution >= 0.6 is 0 Å². The van der Waals surface area contributed by atoms with Crippen LogP contribution in [0.25, 0.3) is 0 Å². The van der Waals surface area contributed by atoms with Gasteiger partial charge < -0.3 is 20.3 Å². The molecule has 0 radical (unpaired) electrons. The number of rotatable bonds is 8. The normalized spacial score (nSPS) is 22.4. The molecule has 5 heteroatoms. The number of likely N-dealkylation sites (tertiary alicyclic amines) is 1. The van der Waals surface area contributed by atoms with Crippen LogP contribution in [-0.2, 0) is 4.74 Å². The molecule has 2 aliphatic rings. The van der Waals surface area contributed by atoms with Crippen LogP contribution in [0.2, 0.25) is 0 Å². The summed E-state index contributed by atoms with van der Waals surface area (Å²) < 4.78 is 5.11. The Labute approximate surface area is 134 Å². The van der Waals surface area contributed by atoms with Crippen molar-refractivity contribution in [1.82, 2.24) is 15.5 Å². The zero-order chi connectivity index (χ0) is 15.6. The van der Waals surface area contributed by atoms with Gasteiger partial charge in [-0.05, 0) is 51.0 Å². The molecule has 5 nitrogen and oxygen atoms in total. The third-order valence-electron chi connectivity index (χ3n) is 4.65. The lowest BCUT2D eigenvalue weighted by Gasteiger charge is -2.16. The van der Waals surface area contributed by atoms with Gasteiger partial charge in [0.05, 0.1) is 6.61 Å². The molecule has 2 amide bonds. The SMILES string of the molecule is COCCN1CCC(CNC(=O)NCCC2=CCCCC2)C1. The highest BCUT2D eigenvalue weighted by molar-refractivity contribution is 5.73. The number of urea groups is 1. The average Bonchev–Trinajstić information content (AvgIpc) is 3.00. The second kappa shape index (κ2) is 9.85. The fourth-order valence-electron chi connectivity index (χ4n) is 3.27. The summed E-state index contributed by atoms with van der Waals surface area (Å²) in [5.74, 6) is 0.573. The van der Waals surface area contributed by atoms with Gasteiger partial charge in [-0.15, -0.1) is 0 Å². The minimum absolute atomic E-state index is 0.0215. The van der Waals surface area contributed by atoms with Crippen molar-refractivity contribution in [2.24, 2.45) is 5.92 Å². The Kier molecular flexibility index (Phi) is 7.74. The summed E-state index contributed by atoms with van der Waals surface area (Å²) in [5, 5.41) is 5.99. The van der Waals surface area contributed by atoms with Crippen molar-refractivity contribution in [2.75, 3.05) is 46.4 Å². The summed E-state index contributed by atoms with van der Waals surface area (Å²) >= 11 is 0. The van der Waals surface area contributed by atoms with E-state index in [1.54, 1.807) is 7.11 Å². The number of hydrogen-bond donors (Lipinski definition) is 2. The maximum Gasteiger partial charge on any atom is 0.314 e. The van der Waals surface area contributed by atoms with Crippen LogP contribution in [0.3, 0.4) is 0 Å². The van der Waals surface area contributed by atoms with Crippen LogP contribution in [0.1, 0.15) is 38.5 Å². The standard InChI is InChI=1S/C17H31N3O2/c1-22-12-11-20-10-8-16(14-20)13-19-17(21)18-9-7-15-5-3-2-4-6-15/h5,16H,2-4,6-14H2,1H3,(H2,18,19,21). The number of carbonyl (C=O) groups excluding carboxylic acids is 1. The highest BCUT2D eigenvalue weighted by Gasteiger charge is 2.22. The summed E-state index contributed by atoms with van der Waals surface area (Å²) in [7, 11) is 1.74. The first-order valence-electron chi connectivity index (χ1n) is 8.69. The van der Waals surface area contributed by atoms with Crippen molar-refractivity contribution in [3.05, 3.63) is 11.6 Å². The van der Waals surface area contributed by atoms with E-state index in [0.717, 1.165) is 52.2 Å². The van der Waals surface area contributed by atoms with Crippen LogP contribution in [0.15, 0.2) is 11.6 Å². The summed E-state index contributed by atoms with van der Waals surface area (Å²) in [6.45, 7) is 5.49. The molecule has 126 valence electrons. The number of amides is 2. The van der Waals surface area contributed by atoms with Gasteiger partial charge in [-0.2, -0.15) is 0 Å². The Morgan fingerprint density at radius 2 is 2.32 bits per heavy atom. The molecule has 0 bridgehead atoms. The van der Waals surface area contributed by atoms with Gasteiger partial charge in [-0.1, -0.05) is 11.6 Å². The zero-order valence-electron chi connectivity index (χ0n) is 13.9. The second-order valence-electron chi connectivity index (χ2n) is 6.44. The number of hydrogen-bond acceptors (Lipinski definition) is 3. The van der Waals surface area contributed by atoms with Gasteiger partial charge in [0.15, 0.2) is 0 Å². The fourth-order valence-corrected chi connectivity index (χ4v) is 3.27. The highest BCUT2D eigenvalue weighted by Crippen LogP contribution is 2.19. The fraction of sp³-hybridized carbons (Fsp3) is 0.824. The Morgan fingerprint density at radius 3 is 3.09 bits per heavy atom. The number of carbonyl (C=O) groups is 1. The molecule has 2 rings (SSSR count). The van der Waals surface area contributed by atoms with E-state index >= 15 is 0 Å². The molecule has 2 N–H and O–H groups in total. The third-order valence-corrected chi connectivity index (χ3v) is 4.65. The number of nitrogens with one attached hydrogen (secondary N) is 2. The predicted molar refractivity (Wildman–Crippen MR) is 89.0 cm³/mol. The van der Waals surface area contributed by atoms with Crippen molar-refractivity contribution < 1.29 is 9.53 Å².